The number of oxazole rings is 1. The molecule has 1 aromatic rings. The molecule has 2 atom stereocenters. The van der Waals surface area contributed by atoms with E-state index in [0.29, 0.717) is 23.7 Å². The molecule has 118 valence electrons. The third kappa shape index (κ3) is 4.15. The molecule has 0 aliphatic heterocycles. The Hall–Kier alpha value is -1.17. The van der Waals surface area contributed by atoms with Crippen molar-refractivity contribution < 1.29 is 9.21 Å². The summed E-state index contributed by atoms with van der Waals surface area (Å²) in [5.41, 5.74) is 0.878. The fourth-order valence-corrected chi connectivity index (χ4v) is 3.85. The minimum absolute atomic E-state index is 0.0457. The standard InChI is InChI=1S/C15H25N3O2S/c1-5-21-13-7-6-12(8-13)18(4)15(19)16-9-14-17-10(2)11(3)20-14/h12-13H,5-9H2,1-4H3,(H,16,19)/t12-,13-/m0/s1. The summed E-state index contributed by atoms with van der Waals surface area (Å²) in [6.07, 6.45) is 3.40. The van der Waals surface area contributed by atoms with Crippen molar-refractivity contribution in [2.24, 2.45) is 0 Å². The number of carbonyl (C=O) groups excluding carboxylic acids is 1. The topological polar surface area (TPSA) is 58.4 Å². The van der Waals surface area contributed by atoms with Crippen LogP contribution in [-0.4, -0.2) is 40.0 Å². The van der Waals surface area contributed by atoms with E-state index in [2.05, 4.69) is 17.2 Å². The lowest BCUT2D eigenvalue weighted by Crippen LogP contribution is -2.42. The zero-order valence-corrected chi connectivity index (χ0v) is 14.1. The predicted molar refractivity (Wildman–Crippen MR) is 85.5 cm³/mol. The number of urea groups is 1. The smallest absolute Gasteiger partial charge is 0.317 e. The maximum Gasteiger partial charge on any atom is 0.317 e. The fourth-order valence-electron chi connectivity index (χ4n) is 2.71. The molecule has 0 unspecified atom stereocenters. The molecule has 1 aliphatic carbocycles. The number of amides is 2. The second-order valence-corrected chi connectivity index (χ2v) is 7.14. The van der Waals surface area contributed by atoms with Crippen LogP contribution < -0.4 is 5.32 Å². The number of hydrogen-bond donors (Lipinski definition) is 1. The van der Waals surface area contributed by atoms with E-state index in [9.17, 15) is 4.79 Å². The molecule has 1 aliphatic rings. The Labute approximate surface area is 130 Å². The molecule has 1 aromatic heterocycles. The van der Waals surface area contributed by atoms with Gasteiger partial charge in [-0.05, 0) is 38.9 Å². The molecule has 0 bridgehead atoms. The molecule has 2 rings (SSSR count). The van der Waals surface area contributed by atoms with Crippen LogP contribution >= 0.6 is 11.8 Å². The van der Waals surface area contributed by atoms with E-state index in [1.807, 2.05) is 37.6 Å². The van der Waals surface area contributed by atoms with Gasteiger partial charge >= 0.3 is 6.03 Å². The molecule has 1 heterocycles. The number of aryl methyl sites for hydroxylation is 2. The first kappa shape index (κ1) is 16.2. The van der Waals surface area contributed by atoms with E-state index in [4.69, 9.17) is 4.42 Å². The number of thioether (sulfide) groups is 1. The summed E-state index contributed by atoms with van der Waals surface area (Å²) in [4.78, 5) is 18.3. The zero-order chi connectivity index (χ0) is 15.4. The van der Waals surface area contributed by atoms with E-state index in [1.54, 1.807) is 0 Å². The molecule has 1 N–H and O–H groups in total. The van der Waals surface area contributed by atoms with Gasteiger partial charge < -0.3 is 14.6 Å². The van der Waals surface area contributed by atoms with Crippen LogP contribution in [0.15, 0.2) is 4.42 Å². The fraction of sp³-hybridized carbons (Fsp3) is 0.733. The lowest BCUT2D eigenvalue weighted by atomic mass is 10.2. The number of nitrogens with one attached hydrogen (secondary N) is 1. The first-order chi connectivity index (χ1) is 10.0. The molecule has 21 heavy (non-hydrogen) atoms. The highest BCUT2D eigenvalue weighted by atomic mass is 32.2. The normalized spacial score (nSPS) is 21.5. The van der Waals surface area contributed by atoms with Gasteiger partial charge in [0, 0.05) is 18.3 Å². The quantitative estimate of drug-likeness (QED) is 0.908. The van der Waals surface area contributed by atoms with Gasteiger partial charge in [0.25, 0.3) is 0 Å². The van der Waals surface area contributed by atoms with Gasteiger partial charge in [-0.3, -0.25) is 0 Å². The molecule has 6 heteroatoms. The van der Waals surface area contributed by atoms with Crippen molar-refractivity contribution in [3.63, 3.8) is 0 Å². The molecule has 5 nitrogen and oxygen atoms in total. The van der Waals surface area contributed by atoms with Crippen molar-refractivity contribution in [3.05, 3.63) is 17.3 Å². The Bertz CT molecular complexity index is 470. The van der Waals surface area contributed by atoms with Crippen molar-refractivity contribution >= 4 is 17.8 Å². The Morgan fingerprint density at radius 2 is 2.24 bits per heavy atom. The highest BCUT2D eigenvalue weighted by Crippen LogP contribution is 2.32. The van der Waals surface area contributed by atoms with Gasteiger partial charge in [-0.25, -0.2) is 9.78 Å². The second-order valence-electron chi connectivity index (χ2n) is 5.56. The maximum atomic E-state index is 12.2. The van der Waals surface area contributed by atoms with Crippen LogP contribution in [0.2, 0.25) is 0 Å². The predicted octanol–water partition coefficient (Wildman–Crippen LogP) is 3.11. The molecule has 1 saturated carbocycles. The lowest BCUT2D eigenvalue weighted by molar-refractivity contribution is 0.189. The maximum absolute atomic E-state index is 12.2. The highest BCUT2D eigenvalue weighted by molar-refractivity contribution is 7.99. The van der Waals surface area contributed by atoms with E-state index in [0.717, 1.165) is 30.0 Å². The summed E-state index contributed by atoms with van der Waals surface area (Å²) in [6.45, 7) is 6.32. The molecule has 0 spiro atoms. The number of rotatable bonds is 5. The number of nitrogens with zero attached hydrogens (tertiary/aromatic N) is 2. The Kier molecular flexibility index (Phi) is 5.56. The Morgan fingerprint density at radius 3 is 2.86 bits per heavy atom. The van der Waals surface area contributed by atoms with Crippen LogP contribution in [0.4, 0.5) is 4.79 Å². The molecular weight excluding hydrogens is 286 g/mol. The Balaban J connectivity index is 1.80. The minimum atomic E-state index is -0.0457. The number of hydrogen-bond acceptors (Lipinski definition) is 4. The second kappa shape index (κ2) is 7.20. The van der Waals surface area contributed by atoms with Crippen molar-refractivity contribution in [2.45, 2.75) is 57.9 Å². The molecule has 0 saturated heterocycles. The highest BCUT2D eigenvalue weighted by Gasteiger charge is 2.29. The van der Waals surface area contributed by atoms with Gasteiger partial charge in [0.15, 0.2) is 0 Å². The van der Waals surface area contributed by atoms with Crippen LogP contribution in [0, 0.1) is 13.8 Å². The van der Waals surface area contributed by atoms with Crippen LogP contribution in [0.3, 0.4) is 0 Å². The summed E-state index contributed by atoms with van der Waals surface area (Å²) < 4.78 is 5.47. The summed E-state index contributed by atoms with van der Waals surface area (Å²) in [5, 5.41) is 3.59. The minimum Gasteiger partial charge on any atom is -0.444 e. The SMILES string of the molecule is CCS[C@H]1CC[C@H](N(C)C(=O)NCc2nc(C)c(C)o2)C1. The molecule has 0 aromatic carbocycles. The first-order valence-corrected chi connectivity index (χ1v) is 8.61. The average Bonchev–Trinajstić information content (AvgIpc) is 3.03. The van der Waals surface area contributed by atoms with E-state index < -0.39 is 0 Å². The molecule has 2 amide bonds. The summed E-state index contributed by atoms with van der Waals surface area (Å²) in [6, 6.07) is 0.303. The monoisotopic (exact) mass is 311 g/mol. The van der Waals surface area contributed by atoms with E-state index >= 15 is 0 Å². The summed E-state index contributed by atoms with van der Waals surface area (Å²) >= 11 is 2.00. The van der Waals surface area contributed by atoms with Gasteiger partial charge in [0.2, 0.25) is 5.89 Å². The largest absolute Gasteiger partial charge is 0.444 e. The Morgan fingerprint density at radius 1 is 1.48 bits per heavy atom. The third-order valence-electron chi connectivity index (χ3n) is 4.09. The van der Waals surface area contributed by atoms with Crippen LogP contribution in [0.1, 0.15) is 43.5 Å². The molecular formula is C15H25N3O2S. The van der Waals surface area contributed by atoms with Gasteiger partial charge in [0.1, 0.15) is 5.76 Å². The van der Waals surface area contributed by atoms with Gasteiger partial charge in [0.05, 0.1) is 12.2 Å². The first-order valence-electron chi connectivity index (χ1n) is 7.56. The molecule has 0 radical (unpaired) electrons. The van der Waals surface area contributed by atoms with E-state index in [1.165, 1.54) is 6.42 Å². The lowest BCUT2D eigenvalue weighted by Gasteiger charge is -2.24. The third-order valence-corrected chi connectivity index (χ3v) is 5.32. The number of carbonyl (C=O) groups is 1. The van der Waals surface area contributed by atoms with Crippen LogP contribution in [0.25, 0.3) is 0 Å². The molecule has 1 fully saturated rings. The zero-order valence-electron chi connectivity index (χ0n) is 13.3. The van der Waals surface area contributed by atoms with Crippen molar-refractivity contribution in [2.75, 3.05) is 12.8 Å². The van der Waals surface area contributed by atoms with Crippen molar-refractivity contribution in [1.82, 2.24) is 15.2 Å². The van der Waals surface area contributed by atoms with Gasteiger partial charge in [-0.2, -0.15) is 11.8 Å². The summed E-state index contributed by atoms with van der Waals surface area (Å²) in [7, 11) is 1.88. The van der Waals surface area contributed by atoms with E-state index in [-0.39, 0.29) is 6.03 Å². The summed E-state index contributed by atoms with van der Waals surface area (Å²) in [5.74, 6) is 2.52. The van der Waals surface area contributed by atoms with Gasteiger partial charge in [-0.1, -0.05) is 6.92 Å². The number of aromatic nitrogens is 1. The van der Waals surface area contributed by atoms with Crippen molar-refractivity contribution in [1.29, 1.82) is 0 Å². The van der Waals surface area contributed by atoms with Crippen molar-refractivity contribution in [3.8, 4) is 0 Å². The average molecular weight is 311 g/mol. The van der Waals surface area contributed by atoms with Gasteiger partial charge in [-0.15, -0.1) is 0 Å². The van der Waals surface area contributed by atoms with Crippen LogP contribution in [0.5, 0.6) is 0 Å². The van der Waals surface area contributed by atoms with Crippen LogP contribution in [-0.2, 0) is 6.54 Å².